The lowest BCUT2D eigenvalue weighted by Gasteiger charge is -2.22. The second kappa shape index (κ2) is 7.41. The third-order valence-corrected chi connectivity index (χ3v) is 10.6. The molecule has 5 nitrogen and oxygen atoms in total. The molecule has 0 aromatic heterocycles. The minimum absolute atomic E-state index is 0.683. The lowest BCUT2D eigenvalue weighted by atomic mass is 10.7. The molecule has 0 radical (unpaired) electrons. The van der Waals surface area contributed by atoms with Crippen LogP contribution in [-0.4, -0.2) is 67.3 Å². The SMILES string of the molecule is CN=P(C)(N=P(C)(C)N=P(C)(C)C)NCCOC. The summed E-state index contributed by atoms with van der Waals surface area (Å²) >= 11 is 0. The molecule has 1 N–H and O–H groups in total. The largest absolute Gasteiger partial charge is 0.383 e. The molecular weight excluding hydrogens is 285 g/mol. The highest BCUT2D eigenvalue weighted by atomic mass is 31.2. The van der Waals surface area contributed by atoms with E-state index in [1.807, 2.05) is 7.05 Å². The highest BCUT2D eigenvalue weighted by Crippen LogP contribution is 2.61. The van der Waals surface area contributed by atoms with Gasteiger partial charge < -0.3 is 4.74 Å². The van der Waals surface area contributed by atoms with Crippen LogP contribution >= 0.6 is 21.6 Å². The molecule has 0 aliphatic heterocycles. The van der Waals surface area contributed by atoms with Crippen molar-refractivity contribution < 1.29 is 4.74 Å². The smallest absolute Gasteiger partial charge is 0.134 e. The van der Waals surface area contributed by atoms with Crippen molar-refractivity contribution in [2.75, 3.05) is 67.3 Å². The number of methoxy groups -OCH3 is 1. The molecular formula is C10H29N4OP3. The minimum Gasteiger partial charge on any atom is -0.383 e. The summed E-state index contributed by atoms with van der Waals surface area (Å²) in [5.74, 6) is 0. The topological polar surface area (TPSA) is 58.3 Å². The van der Waals surface area contributed by atoms with Gasteiger partial charge in [-0.15, -0.1) is 0 Å². The third-order valence-electron chi connectivity index (χ3n) is 1.99. The van der Waals surface area contributed by atoms with E-state index in [0.29, 0.717) is 6.61 Å². The fourth-order valence-corrected chi connectivity index (χ4v) is 12.0. The Morgan fingerprint density at radius 2 is 1.56 bits per heavy atom. The summed E-state index contributed by atoms with van der Waals surface area (Å²) < 4.78 is 19.4. The molecule has 0 saturated carbocycles. The van der Waals surface area contributed by atoms with Gasteiger partial charge >= 0.3 is 0 Å². The molecule has 0 rings (SSSR count). The van der Waals surface area contributed by atoms with Crippen molar-refractivity contribution >= 4 is 21.6 Å². The summed E-state index contributed by atoms with van der Waals surface area (Å²) in [4.78, 5) is 0. The van der Waals surface area contributed by atoms with Crippen molar-refractivity contribution in [3.05, 3.63) is 0 Å². The summed E-state index contributed by atoms with van der Waals surface area (Å²) in [7, 11) is -1.02. The average molecular weight is 314 g/mol. The van der Waals surface area contributed by atoms with Gasteiger partial charge in [-0.2, -0.15) is 0 Å². The van der Waals surface area contributed by atoms with E-state index in [1.54, 1.807) is 7.11 Å². The Morgan fingerprint density at radius 1 is 1.00 bits per heavy atom. The van der Waals surface area contributed by atoms with E-state index in [2.05, 4.69) is 49.8 Å². The van der Waals surface area contributed by atoms with Crippen molar-refractivity contribution in [2.45, 2.75) is 0 Å². The van der Waals surface area contributed by atoms with E-state index >= 15 is 0 Å². The molecule has 0 aromatic carbocycles. The Kier molecular flexibility index (Phi) is 7.66. The van der Waals surface area contributed by atoms with Crippen LogP contribution in [0.2, 0.25) is 0 Å². The lowest BCUT2D eigenvalue weighted by molar-refractivity contribution is 0.204. The molecule has 0 fully saturated rings. The average Bonchev–Trinajstić information content (AvgIpc) is 2.13. The molecule has 0 heterocycles. The third kappa shape index (κ3) is 8.67. The van der Waals surface area contributed by atoms with Crippen molar-refractivity contribution in [1.82, 2.24) is 5.09 Å². The Labute approximate surface area is 113 Å². The zero-order chi connectivity index (χ0) is 14.4. The molecule has 8 heteroatoms. The molecule has 0 aliphatic carbocycles. The molecule has 1 atom stereocenters. The maximum atomic E-state index is 5.06. The van der Waals surface area contributed by atoms with E-state index in [0.717, 1.165) is 6.54 Å². The van der Waals surface area contributed by atoms with E-state index in [1.165, 1.54) is 0 Å². The maximum Gasteiger partial charge on any atom is 0.134 e. The zero-order valence-corrected chi connectivity index (χ0v) is 15.7. The minimum atomic E-state index is -1.79. The van der Waals surface area contributed by atoms with Crippen LogP contribution in [-0.2, 0) is 4.74 Å². The van der Waals surface area contributed by atoms with Crippen LogP contribution in [0.1, 0.15) is 0 Å². The Balaban J connectivity index is 5.22. The maximum absolute atomic E-state index is 5.06. The first kappa shape index (κ1) is 18.6. The summed E-state index contributed by atoms with van der Waals surface area (Å²) in [6.45, 7) is 14.6. The van der Waals surface area contributed by atoms with Gasteiger partial charge in [0.1, 0.15) is 7.36 Å². The van der Waals surface area contributed by atoms with Gasteiger partial charge in [0.25, 0.3) is 0 Å². The van der Waals surface area contributed by atoms with Gasteiger partial charge in [0, 0.05) is 27.4 Å². The Hall–Kier alpha value is 0.610. The van der Waals surface area contributed by atoms with E-state index in [9.17, 15) is 0 Å². The molecule has 0 saturated heterocycles. The van der Waals surface area contributed by atoms with Crippen LogP contribution in [0.5, 0.6) is 0 Å². The number of nitrogens with zero attached hydrogens (tertiary/aromatic N) is 3. The second-order valence-corrected chi connectivity index (χ2v) is 16.0. The van der Waals surface area contributed by atoms with Gasteiger partial charge in [-0.1, -0.05) is 0 Å². The van der Waals surface area contributed by atoms with Crippen molar-refractivity contribution in [1.29, 1.82) is 0 Å². The molecule has 110 valence electrons. The van der Waals surface area contributed by atoms with E-state index in [4.69, 9.17) is 13.8 Å². The monoisotopic (exact) mass is 314 g/mol. The number of hydrogen-bond acceptors (Lipinski definition) is 2. The normalized spacial score (nSPS) is 16.0. The first-order chi connectivity index (χ1) is 8.04. The first-order valence-electron chi connectivity index (χ1n) is 5.90. The molecule has 18 heavy (non-hydrogen) atoms. The van der Waals surface area contributed by atoms with Gasteiger partial charge in [-0.05, 0) is 40.4 Å². The number of ether oxygens (including phenoxy) is 1. The van der Waals surface area contributed by atoms with Crippen LogP contribution in [0.4, 0.5) is 0 Å². The van der Waals surface area contributed by atoms with Crippen LogP contribution in [0.3, 0.4) is 0 Å². The molecule has 0 aromatic rings. The zero-order valence-electron chi connectivity index (χ0n) is 13.0. The summed E-state index contributed by atoms with van der Waals surface area (Å²) in [6, 6.07) is 0. The fourth-order valence-electron chi connectivity index (χ4n) is 1.60. The first-order valence-corrected chi connectivity index (χ1v) is 13.7. The van der Waals surface area contributed by atoms with Gasteiger partial charge in [0.2, 0.25) is 0 Å². The second-order valence-electron chi connectivity index (χ2n) is 5.47. The molecule has 0 spiro atoms. The van der Waals surface area contributed by atoms with E-state index in [-0.39, 0.29) is 0 Å². The van der Waals surface area contributed by atoms with Crippen LogP contribution < -0.4 is 5.09 Å². The van der Waals surface area contributed by atoms with Crippen molar-refractivity contribution in [3.8, 4) is 0 Å². The van der Waals surface area contributed by atoms with Gasteiger partial charge in [-0.3, -0.25) is 14.3 Å². The Bertz CT molecular complexity index is 411. The molecule has 0 bridgehead atoms. The van der Waals surface area contributed by atoms with Crippen molar-refractivity contribution in [3.63, 3.8) is 0 Å². The predicted molar refractivity (Wildman–Crippen MR) is 89.4 cm³/mol. The number of hydrogen-bond donors (Lipinski definition) is 1. The number of nitrogens with one attached hydrogen (secondary N) is 1. The van der Waals surface area contributed by atoms with Crippen LogP contribution in [0.25, 0.3) is 0 Å². The number of rotatable bonds is 6. The Morgan fingerprint density at radius 3 is 1.94 bits per heavy atom. The molecule has 0 aliphatic rings. The molecule has 0 amide bonds. The predicted octanol–water partition coefficient (Wildman–Crippen LogP) is 3.98. The van der Waals surface area contributed by atoms with Gasteiger partial charge in [-0.25, -0.2) is 4.52 Å². The molecule has 1 unspecified atom stereocenters. The van der Waals surface area contributed by atoms with Crippen molar-refractivity contribution in [2.24, 2.45) is 13.8 Å². The summed E-state index contributed by atoms with van der Waals surface area (Å²) in [5, 5.41) is 3.42. The van der Waals surface area contributed by atoms with Gasteiger partial charge in [0.15, 0.2) is 0 Å². The van der Waals surface area contributed by atoms with E-state index < -0.39 is 21.6 Å². The fraction of sp³-hybridized carbons (Fsp3) is 1.00. The van der Waals surface area contributed by atoms with Gasteiger partial charge in [0.05, 0.1) is 13.8 Å². The highest BCUT2D eigenvalue weighted by Gasteiger charge is 2.14. The lowest BCUT2D eigenvalue weighted by Crippen LogP contribution is -2.14. The summed E-state index contributed by atoms with van der Waals surface area (Å²) in [5.41, 5.74) is 0. The summed E-state index contributed by atoms with van der Waals surface area (Å²) in [6.07, 6.45) is 0. The highest BCUT2D eigenvalue weighted by molar-refractivity contribution is 7.79. The standard InChI is InChI=1S/C10H29N4OP3/c1-11-18(8,12-9-10-15-2)14-17(6,7)13-16(3,4)5/h12H,9-10H2,1-8H3. The van der Waals surface area contributed by atoms with Crippen LogP contribution in [0.15, 0.2) is 13.8 Å². The van der Waals surface area contributed by atoms with Crippen LogP contribution in [0, 0.1) is 0 Å². The quantitative estimate of drug-likeness (QED) is 0.595.